The maximum absolute atomic E-state index is 14.0. The van der Waals surface area contributed by atoms with E-state index >= 15 is 0 Å². The molecule has 0 bridgehead atoms. The van der Waals surface area contributed by atoms with Crippen LogP contribution in [0.1, 0.15) is 28.8 Å². The molecule has 1 unspecified atom stereocenters. The predicted octanol–water partition coefficient (Wildman–Crippen LogP) is 2.70. The van der Waals surface area contributed by atoms with E-state index in [0.29, 0.717) is 18.7 Å². The quantitative estimate of drug-likeness (QED) is 0.843. The summed E-state index contributed by atoms with van der Waals surface area (Å²) in [7, 11) is 3.06. The van der Waals surface area contributed by atoms with Crippen molar-refractivity contribution in [3.8, 4) is 0 Å². The molecule has 2 aromatic rings. The van der Waals surface area contributed by atoms with Gasteiger partial charge >= 0.3 is 0 Å². The number of carbonyl (C=O) groups is 3. The molecule has 2 aromatic carbocycles. The maximum Gasteiger partial charge on any atom is 0.256 e. The molecular formula is C22H24FN3O3. The molecule has 0 saturated carbocycles. The molecule has 0 spiro atoms. The molecule has 6 nitrogen and oxygen atoms in total. The first-order valence-electron chi connectivity index (χ1n) is 9.52. The second-order valence-corrected chi connectivity index (χ2v) is 7.29. The number of carbonyl (C=O) groups excluding carboxylic acids is 3. The maximum atomic E-state index is 14.0. The minimum Gasteiger partial charge on any atom is -0.345 e. The van der Waals surface area contributed by atoms with Crippen LogP contribution in [-0.2, 0) is 16.0 Å². The summed E-state index contributed by atoms with van der Waals surface area (Å²) in [5.74, 6) is -1.57. The van der Waals surface area contributed by atoms with Crippen LogP contribution in [0.15, 0.2) is 48.5 Å². The van der Waals surface area contributed by atoms with E-state index in [2.05, 4.69) is 5.32 Å². The molecule has 1 fully saturated rings. The lowest BCUT2D eigenvalue weighted by atomic mass is 10.1. The van der Waals surface area contributed by atoms with Crippen molar-refractivity contribution in [3.05, 3.63) is 65.5 Å². The van der Waals surface area contributed by atoms with Gasteiger partial charge in [0, 0.05) is 26.3 Å². The fraction of sp³-hybridized carbons (Fsp3) is 0.318. The zero-order chi connectivity index (χ0) is 21.0. The smallest absolute Gasteiger partial charge is 0.256 e. The number of nitrogens with one attached hydrogen (secondary N) is 1. The lowest BCUT2D eigenvalue weighted by Gasteiger charge is -2.24. The minimum absolute atomic E-state index is 0.101. The van der Waals surface area contributed by atoms with Gasteiger partial charge in [-0.15, -0.1) is 0 Å². The fourth-order valence-corrected chi connectivity index (χ4v) is 3.44. The molecule has 1 saturated heterocycles. The van der Waals surface area contributed by atoms with Gasteiger partial charge in [-0.05, 0) is 36.6 Å². The largest absolute Gasteiger partial charge is 0.345 e. The van der Waals surface area contributed by atoms with Gasteiger partial charge in [-0.3, -0.25) is 14.4 Å². The zero-order valence-electron chi connectivity index (χ0n) is 16.5. The molecular weight excluding hydrogens is 373 g/mol. The van der Waals surface area contributed by atoms with Crippen LogP contribution in [0, 0.1) is 5.82 Å². The van der Waals surface area contributed by atoms with E-state index in [-0.39, 0.29) is 23.8 Å². The van der Waals surface area contributed by atoms with Crippen molar-refractivity contribution in [1.82, 2.24) is 9.80 Å². The second kappa shape index (κ2) is 8.86. The Kier molecular flexibility index (Phi) is 6.26. The van der Waals surface area contributed by atoms with Crippen LogP contribution in [0.2, 0.25) is 0 Å². The predicted molar refractivity (Wildman–Crippen MR) is 108 cm³/mol. The van der Waals surface area contributed by atoms with Gasteiger partial charge in [-0.25, -0.2) is 4.39 Å². The van der Waals surface area contributed by atoms with Crippen LogP contribution in [0.3, 0.4) is 0 Å². The highest BCUT2D eigenvalue weighted by atomic mass is 19.1. The standard InChI is InChI=1S/C22H24FN3O3/c1-25(2)22(29)17-14-16(10-11-18(17)23)24-21(28)19-9-6-12-26(19)20(27)13-15-7-4-3-5-8-15/h3-5,7-8,10-11,14,19H,6,9,12-13H2,1-2H3,(H,24,28). The molecule has 152 valence electrons. The Hall–Kier alpha value is -3.22. The van der Waals surface area contributed by atoms with Crippen LogP contribution in [0.25, 0.3) is 0 Å². The van der Waals surface area contributed by atoms with E-state index in [9.17, 15) is 18.8 Å². The van der Waals surface area contributed by atoms with Crippen LogP contribution < -0.4 is 5.32 Å². The average Bonchev–Trinajstić information content (AvgIpc) is 3.20. The van der Waals surface area contributed by atoms with Crippen molar-refractivity contribution in [3.63, 3.8) is 0 Å². The Labute approximate surface area is 169 Å². The number of hydrogen-bond donors (Lipinski definition) is 1. The summed E-state index contributed by atoms with van der Waals surface area (Å²) >= 11 is 0. The summed E-state index contributed by atoms with van der Waals surface area (Å²) in [4.78, 5) is 40.4. The number of anilines is 1. The van der Waals surface area contributed by atoms with Gasteiger partial charge in [0.2, 0.25) is 11.8 Å². The minimum atomic E-state index is -0.651. The van der Waals surface area contributed by atoms with Gasteiger partial charge in [-0.2, -0.15) is 0 Å². The van der Waals surface area contributed by atoms with Crippen molar-refractivity contribution in [2.45, 2.75) is 25.3 Å². The number of halogens is 1. The number of rotatable bonds is 5. The van der Waals surface area contributed by atoms with E-state index in [0.717, 1.165) is 18.1 Å². The zero-order valence-corrected chi connectivity index (χ0v) is 16.5. The molecule has 3 rings (SSSR count). The average molecular weight is 397 g/mol. The molecule has 0 aliphatic carbocycles. The third-order valence-electron chi connectivity index (χ3n) is 4.94. The van der Waals surface area contributed by atoms with Gasteiger partial charge < -0.3 is 15.1 Å². The lowest BCUT2D eigenvalue weighted by Crippen LogP contribution is -2.43. The molecule has 0 aromatic heterocycles. The third kappa shape index (κ3) is 4.80. The number of hydrogen-bond acceptors (Lipinski definition) is 3. The highest BCUT2D eigenvalue weighted by molar-refractivity contribution is 6.00. The molecule has 0 radical (unpaired) electrons. The van der Waals surface area contributed by atoms with Crippen molar-refractivity contribution >= 4 is 23.4 Å². The molecule has 7 heteroatoms. The van der Waals surface area contributed by atoms with Crippen LogP contribution in [0.4, 0.5) is 10.1 Å². The molecule has 29 heavy (non-hydrogen) atoms. The van der Waals surface area contributed by atoms with E-state index in [1.165, 1.54) is 31.1 Å². The van der Waals surface area contributed by atoms with Gasteiger partial charge in [-0.1, -0.05) is 30.3 Å². The van der Waals surface area contributed by atoms with Crippen LogP contribution >= 0.6 is 0 Å². The van der Waals surface area contributed by atoms with E-state index in [1.54, 1.807) is 4.90 Å². The van der Waals surface area contributed by atoms with Crippen molar-refractivity contribution < 1.29 is 18.8 Å². The Balaban J connectivity index is 1.70. The Morgan fingerprint density at radius 3 is 2.55 bits per heavy atom. The molecule has 3 amide bonds. The summed E-state index contributed by atoms with van der Waals surface area (Å²) < 4.78 is 14.0. The summed E-state index contributed by atoms with van der Waals surface area (Å²) in [6.45, 7) is 0.525. The first-order valence-corrected chi connectivity index (χ1v) is 9.52. The molecule has 1 N–H and O–H groups in total. The summed E-state index contributed by atoms with van der Waals surface area (Å²) in [6, 6.07) is 12.7. The van der Waals surface area contributed by atoms with Crippen molar-refractivity contribution in [2.75, 3.05) is 26.0 Å². The second-order valence-electron chi connectivity index (χ2n) is 7.29. The van der Waals surface area contributed by atoms with E-state index < -0.39 is 17.8 Å². The normalized spacial score (nSPS) is 15.8. The van der Waals surface area contributed by atoms with Crippen LogP contribution in [-0.4, -0.2) is 54.2 Å². The third-order valence-corrected chi connectivity index (χ3v) is 4.94. The first kappa shape index (κ1) is 20.5. The van der Waals surface area contributed by atoms with Crippen LogP contribution in [0.5, 0.6) is 0 Å². The first-order chi connectivity index (χ1) is 13.9. The number of likely N-dealkylation sites (tertiary alicyclic amines) is 1. The Morgan fingerprint density at radius 2 is 1.86 bits per heavy atom. The number of benzene rings is 2. The SMILES string of the molecule is CN(C)C(=O)c1cc(NC(=O)C2CCCN2C(=O)Cc2ccccc2)ccc1F. The highest BCUT2D eigenvalue weighted by Gasteiger charge is 2.34. The molecule has 1 atom stereocenters. The summed E-state index contributed by atoms with van der Waals surface area (Å²) in [5, 5.41) is 2.72. The lowest BCUT2D eigenvalue weighted by molar-refractivity contribution is -0.136. The Bertz CT molecular complexity index is 915. The Morgan fingerprint density at radius 1 is 1.14 bits per heavy atom. The van der Waals surface area contributed by atoms with Gasteiger partial charge in [0.1, 0.15) is 11.9 Å². The fourth-order valence-electron chi connectivity index (χ4n) is 3.44. The van der Waals surface area contributed by atoms with Gasteiger partial charge in [0.15, 0.2) is 0 Å². The number of nitrogens with zero attached hydrogens (tertiary/aromatic N) is 2. The van der Waals surface area contributed by atoms with Crippen molar-refractivity contribution in [2.24, 2.45) is 0 Å². The van der Waals surface area contributed by atoms with Gasteiger partial charge in [0.25, 0.3) is 5.91 Å². The molecule has 1 aliphatic heterocycles. The summed E-state index contributed by atoms with van der Waals surface area (Å²) in [5.41, 5.74) is 1.11. The highest BCUT2D eigenvalue weighted by Crippen LogP contribution is 2.22. The molecule has 1 heterocycles. The topological polar surface area (TPSA) is 69.7 Å². The van der Waals surface area contributed by atoms with Crippen molar-refractivity contribution in [1.29, 1.82) is 0 Å². The van der Waals surface area contributed by atoms with E-state index in [1.807, 2.05) is 30.3 Å². The van der Waals surface area contributed by atoms with Gasteiger partial charge in [0.05, 0.1) is 12.0 Å². The van der Waals surface area contributed by atoms with E-state index in [4.69, 9.17) is 0 Å². The molecule has 1 aliphatic rings. The number of amides is 3. The summed E-state index contributed by atoms with van der Waals surface area (Å²) in [6.07, 6.45) is 1.55. The monoisotopic (exact) mass is 397 g/mol.